The second-order valence-electron chi connectivity index (χ2n) is 4.69. The molecule has 0 spiro atoms. The summed E-state index contributed by atoms with van der Waals surface area (Å²) in [5.41, 5.74) is -1.26. The Balaban J connectivity index is 3.30. The molecule has 106 valence electrons. The summed E-state index contributed by atoms with van der Waals surface area (Å²) in [5, 5.41) is 0. The van der Waals surface area contributed by atoms with Crippen LogP contribution in [0.3, 0.4) is 0 Å². The molecule has 19 heavy (non-hydrogen) atoms. The van der Waals surface area contributed by atoms with Crippen molar-refractivity contribution in [2.45, 2.75) is 24.8 Å². The maximum absolute atomic E-state index is 12.5. The average Bonchev–Trinajstić information content (AvgIpc) is 2.25. The van der Waals surface area contributed by atoms with Gasteiger partial charge in [-0.05, 0) is 26.0 Å². The normalized spacial score (nSPS) is 13.4. The van der Waals surface area contributed by atoms with E-state index in [1.165, 1.54) is 19.9 Å². The summed E-state index contributed by atoms with van der Waals surface area (Å²) in [6, 6.07) is 3.73. The minimum absolute atomic E-state index is 0.273. The first-order chi connectivity index (χ1) is 8.37. The molecule has 0 bridgehead atoms. The third-order valence-electron chi connectivity index (χ3n) is 2.93. The van der Waals surface area contributed by atoms with Crippen molar-refractivity contribution in [1.82, 2.24) is 0 Å². The maximum atomic E-state index is 12.5. The molecule has 3 nitrogen and oxygen atoms in total. The first kappa shape index (κ1) is 15.7. The van der Waals surface area contributed by atoms with Gasteiger partial charge < -0.3 is 0 Å². The van der Waals surface area contributed by atoms with Crippen LogP contribution in [0.5, 0.6) is 0 Å². The van der Waals surface area contributed by atoms with Crippen molar-refractivity contribution < 1.29 is 26.4 Å². The van der Waals surface area contributed by atoms with Crippen molar-refractivity contribution >= 4 is 15.6 Å². The van der Waals surface area contributed by atoms with E-state index in [0.29, 0.717) is 6.07 Å². The molecule has 0 aromatic heterocycles. The maximum Gasteiger partial charge on any atom is 0.416 e. The lowest BCUT2D eigenvalue weighted by molar-refractivity contribution is -0.137. The quantitative estimate of drug-likeness (QED) is 0.805. The zero-order valence-electron chi connectivity index (χ0n) is 10.6. The molecule has 0 radical (unpaired) electrons. The standard InChI is InChI=1S/C12H13F3O3S/c1-11(2,19(3,17)18)10(16)8-5-4-6-9(7-8)12(13,14)15/h4-7H,1-3H3. The van der Waals surface area contributed by atoms with E-state index in [9.17, 15) is 26.4 Å². The van der Waals surface area contributed by atoms with Crippen LogP contribution < -0.4 is 0 Å². The molecule has 0 atom stereocenters. The number of carbonyl (C=O) groups excluding carboxylic acids is 1. The van der Waals surface area contributed by atoms with Crippen LogP contribution in [0, 0.1) is 0 Å². The van der Waals surface area contributed by atoms with Crippen LogP contribution >= 0.6 is 0 Å². The van der Waals surface area contributed by atoms with Crippen LogP contribution in [0.25, 0.3) is 0 Å². The minimum Gasteiger partial charge on any atom is -0.292 e. The molecule has 1 rings (SSSR count). The molecule has 1 aromatic rings. The first-order valence-corrected chi connectivity index (χ1v) is 7.18. The third kappa shape index (κ3) is 3.15. The molecule has 0 amide bonds. The second kappa shape index (κ2) is 4.63. The SMILES string of the molecule is CC(C)(C(=O)c1cccc(C(F)(F)F)c1)S(C)(=O)=O. The number of alkyl halides is 3. The lowest BCUT2D eigenvalue weighted by Gasteiger charge is -2.21. The number of halogens is 3. The number of hydrogen-bond donors (Lipinski definition) is 0. The highest BCUT2D eigenvalue weighted by Crippen LogP contribution is 2.31. The van der Waals surface area contributed by atoms with Crippen LogP contribution in [-0.4, -0.2) is 25.2 Å². The number of sulfone groups is 1. The van der Waals surface area contributed by atoms with Crippen LogP contribution in [-0.2, 0) is 16.0 Å². The molecule has 0 aliphatic carbocycles. The summed E-state index contributed by atoms with van der Waals surface area (Å²) in [5.74, 6) is -0.860. The van der Waals surface area contributed by atoms with Crippen molar-refractivity contribution in [1.29, 1.82) is 0 Å². The van der Waals surface area contributed by atoms with E-state index in [4.69, 9.17) is 0 Å². The molecule has 0 fully saturated rings. The van der Waals surface area contributed by atoms with Gasteiger partial charge in [0.15, 0.2) is 15.6 Å². The topological polar surface area (TPSA) is 51.2 Å². The number of hydrogen-bond acceptors (Lipinski definition) is 3. The molecule has 0 N–H and O–H groups in total. The zero-order valence-corrected chi connectivity index (χ0v) is 11.4. The predicted molar refractivity (Wildman–Crippen MR) is 64.7 cm³/mol. The van der Waals surface area contributed by atoms with Gasteiger partial charge in [-0.2, -0.15) is 13.2 Å². The van der Waals surface area contributed by atoms with Gasteiger partial charge in [0.2, 0.25) is 0 Å². The highest BCUT2D eigenvalue weighted by Gasteiger charge is 2.39. The summed E-state index contributed by atoms with van der Waals surface area (Å²) in [6.07, 6.45) is -3.70. The van der Waals surface area contributed by atoms with Gasteiger partial charge >= 0.3 is 6.18 Å². The Bertz CT molecular complexity index is 601. The number of benzene rings is 1. The molecule has 0 unspecified atom stereocenters. The zero-order chi connectivity index (χ0) is 15.1. The Kier molecular flexibility index (Phi) is 3.82. The van der Waals surface area contributed by atoms with E-state index < -0.39 is 32.1 Å². The molecule has 0 saturated carbocycles. The minimum atomic E-state index is -4.58. The fourth-order valence-electron chi connectivity index (χ4n) is 1.35. The number of ketones is 1. The molecule has 1 aromatic carbocycles. The van der Waals surface area contributed by atoms with Crippen LogP contribution in [0.2, 0.25) is 0 Å². The Morgan fingerprint density at radius 1 is 1.16 bits per heavy atom. The van der Waals surface area contributed by atoms with E-state index in [1.54, 1.807) is 0 Å². The summed E-state index contributed by atoms with van der Waals surface area (Å²) < 4.78 is 58.8. The lowest BCUT2D eigenvalue weighted by Crippen LogP contribution is -2.40. The van der Waals surface area contributed by atoms with Crippen LogP contribution in [0.4, 0.5) is 13.2 Å². The van der Waals surface area contributed by atoms with Gasteiger partial charge in [-0.25, -0.2) is 8.42 Å². The fourth-order valence-corrected chi connectivity index (χ4v) is 1.81. The molecular formula is C12H13F3O3S. The van der Waals surface area contributed by atoms with Gasteiger partial charge in [0.05, 0.1) is 5.56 Å². The van der Waals surface area contributed by atoms with Crippen molar-refractivity contribution in [3.63, 3.8) is 0 Å². The average molecular weight is 294 g/mol. The van der Waals surface area contributed by atoms with E-state index in [2.05, 4.69) is 0 Å². The Morgan fingerprint density at radius 2 is 1.68 bits per heavy atom. The van der Waals surface area contributed by atoms with Gasteiger partial charge in [-0.15, -0.1) is 0 Å². The summed E-state index contributed by atoms with van der Waals surface area (Å²) in [6.45, 7) is 2.34. The molecular weight excluding hydrogens is 281 g/mol. The van der Waals surface area contributed by atoms with Gasteiger partial charge in [0.25, 0.3) is 0 Å². The van der Waals surface area contributed by atoms with Gasteiger partial charge in [0, 0.05) is 11.8 Å². The molecule has 7 heteroatoms. The fraction of sp³-hybridized carbons (Fsp3) is 0.417. The van der Waals surface area contributed by atoms with Crippen LogP contribution in [0.15, 0.2) is 24.3 Å². The van der Waals surface area contributed by atoms with E-state index in [-0.39, 0.29) is 5.56 Å². The van der Waals surface area contributed by atoms with Crippen LogP contribution in [0.1, 0.15) is 29.8 Å². The number of rotatable bonds is 3. The van der Waals surface area contributed by atoms with Crippen molar-refractivity contribution in [2.24, 2.45) is 0 Å². The largest absolute Gasteiger partial charge is 0.416 e. The number of Topliss-reactive ketones (excluding diaryl/α,β-unsaturated/α-hetero) is 1. The Morgan fingerprint density at radius 3 is 2.11 bits per heavy atom. The smallest absolute Gasteiger partial charge is 0.292 e. The highest BCUT2D eigenvalue weighted by molar-refractivity contribution is 7.92. The molecule has 0 aliphatic heterocycles. The van der Waals surface area contributed by atoms with Crippen molar-refractivity contribution in [2.75, 3.05) is 6.26 Å². The van der Waals surface area contributed by atoms with Crippen molar-refractivity contribution in [3.8, 4) is 0 Å². The van der Waals surface area contributed by atoms with Gasteiger partial charge in [0.1, 0.15) is 4.75 Å². The van der Waals surface area contributed by atoms with E-state index in [0.717, 1.165) is 18.4 Å². The molecule has 0 saturated heterocycles. The summed E-state index contributed by atoms with van der Waals surface area (Å²) >= 11 is 0. The van der Waals surface area contributed by atoms with Gasteiger partial charge in [-0.1, -0.05) is 12.1 Å². The van der Waals surface area contributed by atoms with E-state index >= 15 is 0 Å². The highest BCUT2D eigenvalue weighted by atomic mass is 32.2. The monoisotopic (exact) mass is 294 g/mol. The first-order valence-electron chi connectivity index (χ1n) is 5.29. The van der Waals surface area contributed by atoms with Crippen molar-refractivity contribution in [3.05, 3.63) is 35.4 Å². The Hall–Kier alpha value is -1.37. The Labute approximate surface area is 109 Å². The predicted octanol–water partition coefficient (Wildman–Crippen LogP) is 2.71. The third-order valence-corrected chi connectivity index (χ3v) is 4.97. The molecule has 0 heterocycles. The van der Waals surface area contributed by atoms with E-state index in [1.807, 2.05) is 0 Å². The number of carbonyl (C=O) groups is 1. The summed E-state index contributed by atoms with van der Waals surface area (Å²) in [7, 11) is -3.73. The van der Waals surface area contributed by atoms with Gasteiger partial charge in [-0.3, -0.25) is 4.79 Å². The second-order valence-corrected chi connectivity index (χ2v) is 7.26. The lowest BCUT2D eigenvalue weighted by atomic mass is 9.98. The molecule has 0 aliphatic rings. The summed E-state index contributed by atoms with van der Waals surface area (Å²) in [4.78, 5) is 12.0.